The highest BCUT2D eigenvalue weighted by atomic mass is 32.1. The van der Waals surface area contributed by atoms with Crippen LogP contribution in [-0.4, -0.2) is 29.1 Å². The van der Waals surface area contributed by atoms with Crippen molar-refractivity contribution >= 4 is 17.3 Å². The predicted molar refractivity (Wildman–Crippen MR) is 83.1 cm³/mol. The molecule has 2 aromatic rings. The summed E-state index contributed by atoms with van der Waals surface area (Å²) in [6.07, 6.45) is 5.76. The van der Waals surface area contributed by atoms with E-state index in [0.29, 0.717) is 6.04 Å². The van der Waals surface area contributed by atoms with Crippen LogP contribution >= 0.6 is 11.3 Å². The molecule has 1 aliphatic heterocycles. The Hall–Kier alpha value is -1.97. The number of aromatic nitrogens is 2. The summed E-state index contributed by atoms with van der Waals surface area (Å²) in [6.45, 7) is 2.81. The third kappa shape index (κ3) is 3.57. The molecule has 3 heterocycles. The summed E-state index contributed by atoms with van der Waals surface area (Å²) in [5, 5.41) is 12.4. The smallest absolute Gasteiger partial charge is 0.225 e. The summed E-state index contributed by atoms with van der Waals surface area (Å²) in [5.74, 6) is 0.827. The van der Waals surface area contributed by atoms with Crippen molar-refractivity contribution in [2.24, 2.45) is 0 Å². The molecule has 0 saturated carbocycles. The summed E-state index contributed by atoms with van der Waals surface area (Å²) >= 11 is 1.56. The molecule has 1 N–H and O–H groups in total. The summed E-state index contributed by atoms with van der Waals surface area (Å²) in [4.78, 5) is 12.8. The molecule has 1 aliphatic rings. The zero-order valence-corrected chi connectivity index (χ0v) is 12.5. The molecule has 6 heteroatoms. The van der Waals surface area contributed by atoms with Crippen LogP contribution in [0, 0.1) is 11.3 Å². The maximum atomic E-state index is 8.83. The number of nitrogens with zero attached hydrogens (tertiary/aromatic N) is 4. The Morgan fingerprint density at radius 3 is 2.71 bits per heavy atom. The summed E-state index contributed by atoms with van der Waals surface area (Å²) in [6, 6.07) is 8.46. The monoisotopic (exact) mass is 299 g/mol. The van der Waals surface area contributed by atoms with Gasteiger partial charge in [0.05, 0.1) is 0 Å². The van der Waals surface area contributed by atoms with E-state index < -0.39 is 0 Å². The summed E-state index contributed by atoms with van der Waals surface area (Å²) in [5.41, 5.74) is 0. The van der Waals surface area contributed by atoms with Crippen molar-refractivity contribution in [3.05, 3.63) is 40.3 Å². The van der Waals surface area contributed by atoms with Crippen molar-refractivity contribution in [2.75, 3.05) is 18.0 Å². The Bertz CT molecular complexity index is 610. The standard InChI is InChI=1S/C15H17N5S/c16-10-13-2-3-14(21-13)11-19-12-4-8-20(9-5-12)15-17-6-1-7-18-15/h1-3,6-7,12,19H,4-5,8-9,11H2. The van der Waals surface area contributed by atoms with E-state index in [-0.39, 0.29) is 0 Å². The number of anilines is 1. The van der Waals surface area contributed by atoms with Crippen LogP contribution < -0.4 is 10.2 Å². The van der Waals surface area contributed by atoms with Gasteiger partial charge in [0.15, 0.2) is 0 Å². The first-order valence-corrected chi connectivity index (χ1v) is 7.91. The van der Waals surface area contributed by atoms with Crippen LogP contribution in [0.15, 0.2) is 30.6 Å². The average molecular weight is 299 g/mol. The van der Waals surface area contributed by atoms with E-state index in [9.17, 15) is 0 Å². The quantitative estimate of drug-likeness (QED) is 0.937. The number of nitriles is 1. The van der Waals surface area contributed by atoms with Crippen molar-refractivity contribution in [1.82, 2.24) is 15.3 Å². The number of hydrogen-bond donors (Lipinski definition) is 1. The zero-order chi connectivity index (χ0) is 14.5. The van der Waals surface area contributed by atoms with Crippen molar-refractivity contribution in [3.8, 4) is 6.07 Å². The number of piperidine rings is 1. The van der Waals surface area contributed by atoms with Gasteiger partial charge in [0, 0.05) is 42.9 Å². The molecule has 0 aliphatic carbocycles. The molecule has 3 rings (SSSR count). The van der Waals surface area contributed by atoms with Crippen LogP contribution in [-0.2, 0) is 6.54 Å². The van der Waals surface area contributed by atoms with Gasteiger partial charge in [0.2, 0.25) is 5.95 Å². The van der Waals surface area contributed by atoms with Crippen LogP contribution in [0.1, 0.15) is 22.6 Å². The molecule has 0 radical (unpaired) electrons. The maximum absolute atomic E-state index is 8.83. The molecule has 0 atom stereocenters. The fourth-order valence-electron chi connectivity index (χ4n) is 2.52. The van der Waals surface area contributed by atoms with Crippen LogP contribution in [0.25, 0.3) is 0 Å². The lowest BCUT2D eigenvalue weighted by Gasteiger charge is -2.32. The summed E-state index contributed by atoms with van der Waals surface area (Å²) < 4.78 is 0. The fourth-order valence-corrected chi connectivity index (χ4v) is 3.27. The van der Waals surface area contributed by atoms with Crippen LogP contribution in [0.3, 0.4) is 0 Å². The molecule has 21 heavy (non-hydrogen) atoms. The van der Waals surface area contributed by atoms with Gasteiger partial charge in [-0.3, -0.25) is 0 Å². The van der Waals surface area contributed by atoms with Gasteiger partial charge in [0.1, 0.15) is 10.9 Å². The van der Waals surface area contributed by atoms with Crippen LogP contribution in [0.2, 0.25) is 0 Å². The van der Waals surface area contributed by atoms with Gasteiger partial charge >= 0.3 is 0 Å². The molecule has 0 aromatic carbocycles. The van der Waals surface area contributed by atoms with Crippen molar-refractivity contribution in [3.63, 3.8) is 0 Å². The molecule has 2 aromatic heterocycles. The van der Waals surface area contributed by atoms with E-state index in [0.717, 1.165) is 43.3 Å². The first-order valence-electron chi connectivity index (χ1n) is 7.09. The van der Waals surface area contributed by atoms with Gasteiger partial charge in [-0.1, -0.05) is 0 Å². The Labute approximate surface area is 128 Å². The molecular weight excluding hydrogens is 282 g/mol. The minimum absolute atomic E-state index is 0.526. The topological polar surface area (TPSA) is 64.8 Å². The van der Waals surface area contributed by atoms with Gasteiger partial charge in [-0.25, -0.2) is 9.97 Å². The van der Waals surface area contributed by atoms with Gasteiger partial charge in [0.25, 0.3) is 0 Å². The highest BCUT2D eigenvalue weighted by Crippen LogP contribution is 2.18. The third-order valence-corrected chi connectivity index (χ3v) is 4.66. The molecule has 0 unspecified atom stereocenters. The Kier molecular flexibility index (Phi) is 4.43. The van der Waals surface area contributed by atoms with E-state index in [1.807, 2.05) is 18.2 Å². The minimum Gasteiger partial charge on any atom is -0.341 e. The van der Waals surface area contributed by atoms with E-state index in [2.05, 4.69) is 26.3 Å². The second-order valence-electron chi connectivity index (χ2n) is 5.07. The predicted octanol–water partition coefficient (Wildman–Crippen LogP) is 2.17. The van der Waals surface area contributed by atoms with E-state index in [1.165, 1.54) is 4.88 Å². The van der Waals surface area contributed by atoms with E-state index >= 15 is 0 Å². The molecular formula is C15H17N5S. The van der Waals surface area contributed by atoms with Gasteiger partial charge in [-0.2, -0.15) is 5.26 Å². The first-order chi connectivity index (χ1) is 10.3. The second kappa shape index (κ2) is 6.66. The first kappa shape index (κ1) is 14.0. The highest BCUT2D eigenvalue weighted by Gasteiger charge is 2.20. The molecule has 1 fully saturated rings. The Balaban J connectivity index is 1.47. The third-order valence-electron chi connectivity index (χ3n) is 3.67. The average Bonchev–Trinajstić information content (AvgIpc) is 3.02. The van der Waals surface area contributed by atoms with Crippen molar-refractivity contribution < 1.29 is 0 Å². The lowest BCUT2D eigenvalue weighted by atomic mass is 10.1. The molecule has 0 bridgehead atoms. The molecule has 0 spiro atoms. The van der Waals surface area contributed by atoms with Crippen LogP contribution in [0.5, 0.6) is 0 Å². The minimum atomic E-state index is 0.526. The Morgan fingerprint density at radius 2 is 2.05 bits per heavy atom. The normalized spacial score (nSPS) is 15.9. The van der Waals surface area contributed by atoms with Crippen LogP contribution in [0.4, 0.5) is 5.95 Å². The maximum Gasteiger partial charge on any atom is 0.225 e. The molecule has 1 saturated heterocycles. The zero-order valence-electron chi connectivity index (χ0n) is 11.7. The van der Waals surface area contributed by atoms with Crippen molar-refractivity contribution in [2.45, 2.75) is 25.4 Å². The SMILES string of the molecule is N#Cc1ccc(CNC2CCN(c3ncccn3)CC2)s1. The lowest BCUT2D eigenvalue weighted by molar-refractivity contribution is 0.412. The van der Waals surface area contributed by atoms with Gasteiger partial charge < -0.3 is 10.2 Å². The Morgan fingerprint density at radius 1 is 1.29 bits per heavy atom. The van der Waals surface area contributed by atoms with E-state index in [1.54, 1.807) is 23.7 Å². The number of rotatable bonds is 4. The molecule has 0 amide bonds. The molecule has 108 valence electrons. The molecule has 5 nitrogen and oxygen atoms in total. The number of nitrogens with one attached hydrogen (secondary N) is 1. The van der Waals surface area contributed by atoms with Gasteiger partial charge in [-0.15, -0.1) is 11.3 Å². The van der Waals surface area contributed by atoms with Gasteiger partial charge in [-0.05, 0) is 31.0 Å². The number of thiophene rings is 1. The van der Waals surface area contributed by atoms with Crippen molar-refractivity contribution in [1.29, 1.82) is 5.26 Å². The fraction of sp³-hybridized carbons (Fsp3) is 0.400. The number of hydrogen-bond acceptors (Lipinski definition) is 6. The van der Waals surface area contributed by atoms with E-state index in [4.69, 9.17) is 5.26 Å². The summed E-state index contributed by atoms with van der Waals surface area (Å²) in [7, 11) is 0. The highest BCUT2D eigenvalue weighted by molar-refractivity contribution is 7.12. The lowest BCUT2D eigenvalue weighted by Crippen LogP contribution is -2.42. The largest absolute Gasteiger partial charge is 0.341 e. The second-order valence-corrected chi connectivity index (χ2v) is 6.24.